The van der Waals surface area contributed by atoms with Gasteiger partial charge in [-0.15, -0.1) is 0 Å². The fourth-order valence-corrected chi connectivity index (χ4v) is 3.07. The maximum Gasteiger partial charge on any atom is 0.310 e. The van der Waals surface area contributed by atoms with Crippen molar-refractivity contribution in [2.45, 2.75) is 38.1 Å². The van der Waals surface area contributed by atoms with Crippen LogP contribution in [0.2, 0.25) is 0 Å². The summed E-state index contributed by atoms with van der Waals surface area (Å²) < 4.78 is 40.2. The molecule has 0 saturated heterocycles. The van der Waals surface area contributed by atoms with Crippen molar-refractivity contribution in [2.24, 2.45) is 5.41 Å². The Kier molecular flexibility index (Phi) is 4.26. The summed E-state index contributed by atoms with van der Waals surface area (Å²) in [4.78, 5) is 10.7. The van der Waals surface area contributed by atoms with Crippen LogP contribution in [0.3, 0.4) is 0 Å². The number of hydrogen-bond donors (Lipinski definition) is 2. The number of aliphatic carboxylic acids is 1. The molecule has 112 valence electrons. The minimum atomic E-state index is -4.15. The number of sulfonamides is 1. The van der Waals surface area contributed by atoms with Crippen molar-refractivity contribution < 1.29 is 22.7 Å². The van der Waals surface area contributed by atoms with Crippen LogP contribution in [0.1, 0.15) is 27.7 Å². The molecule has 0 unspecified atom stereocenters. The summed E-state index contributed by atoms with van der Waals surface area (Å²) >= 11 is 0. The quantitative estimate of drug-likeness (QED) is 0.871. The number of carboxylic acids is 1. The van der Waals surface area contributed by atoms with Gasteiger partial charge in [0.1, 0.15) is 10.7 Å². The first-order valence-electron chi connectivity index (χ1n) is 5.94. The van der Waals surface area contributed by atoms with Crippen LogP contribution < -0.4 is 4.72 Å². The summed E-state index contributed by atoms with van der Waals surface area (Å²) in [6, 6.07) is 4.93. The largest absolute Gasteiger partial charge is 0.481 e. The molecule has 1 aromatic carbocycles. The molecule has 0 amide bonds. The average molecular weight is 303 g/mol. The molecule has 0 saturated carbocycles. The van der Waals surface area contributed by atoms with Crippen LogP contribution in [-0.4, -0.2) is 25.0 Å². The van der Waals surface area contributed by atoms with Gasteiger partial charge < -0.3 is 5.11 Å². The molecule has 0 heterocycles. The first kappa shape index (κ1) is 16.6. The minimum absolute atomic E-state index is 0.505. The molecule has 0 bridgehead atoms. The van der Waals surface area contributed by atoms with E-state index in [1.165, 1.54) is 39.8 Å². The molecule has 7 heteroatoms. The van der Waals surface area contributed by atoms with Crippen molar-refractivity contribution in [1.29, 1.82) is 0 Å². The highest BCUT2D eigenvalue weighted by Crippen LogP contribution is 2.32. The van der Waals surface area contributed by atoms with E-state index in [1.807, 2.05) is 0 Å². The molecule has 0 fully saturated rings. The van der Waals surface area contributed by atoms with Gasteiger partial charge in [-0.25, -0.2) is 17.5 Å². The van der Waals surface area contributed by atoms with Crippen LogP contribution in [0.5, 0.6) is 0 Å². The Hall–Kier alpha value is -1.47. The molecule has 1 aromatic rings. The van der Waals surface area contributed by atoms with E-state index in [1.54, 1.807) is 0 Å². The molecule has 0 atom stereocenters. The van der Waals surface area contributed by atoms with Crippen LogP contribution in [0.15, 0.2) is 29.2 Å². The Balaban J connectivity index is 3.21. The summed E-state index contributed by atoms with van der Waals surface area (Å²) in [6.07, 6.45) is 0. The van der Waals surface area contributed by atoms with Gasteiger partial charge in [-0.2, -0.15) is 0 Å². The Morgan fingerprint density at radius 3 is 2.15 bits per heavy atom. The lowest BCUT2D eigenvalue weighted by atomic mass is 9.75. The molecule has 0 aromatic heterocycles. The Morgan fingerprint density at radius 2 is 1.70 bits per heavy atom. The Bertz CT molecular complexity index is 623. The summed E-state index contributed by atoms with van der Waals surface area (Å²) in [5.74, 6) is -2.04. The zero-order chi connectivity index (χ0) is 15.8. The van der Waals surface area contributed by atoms with Gasteiger partial charge in [0.2, 0.25) is 10.0 Å². The molecule has 2 N–H and O–H groups in total. The van der Waals surface area contributed by atoms with Crippen molar-refractivity contribution in [1.82, 2.24) is 4.72 Å². The molecule has 0 spiro atoms. The molecule has 0 radical (unpaired) electrons. The SMILES string of the molecule is CC(C)(NS(=O)(=O)c1ccccc1F)C(C)(C)C(=O)O. The van der Waals surface area contributed by atoms with Crippen LogP contribution in [-0.2, 0) is 14.8 Å². The van der Waals surface area contributed by atoms with Crippen molar-refractivity contribution in [3.8, 4) is 0 Å². The zero-order valence-electron chi connectivity index (χ0n) is 11.8. The monoisotopic (exact) mass is 303 g/mol. The average Bonchev–Trinajstić information content (AvgIpc) is 2.27. The molecule has 1 rings (SSSR count). The van der Waals surface area contributed by atoms with Gasteiger partial charge in [0.15, 0.2) is 0 Å². The lowest BCUT2D eigenvalue weighted by Gasteiger charge is -2.38. The maximum atomic E-state index is 13.6. The second kappa shape index (κ2) is 5.14. The number of rotatable bonds is 5. The van der Waals surface area contributed by atoms with E-state index in [2.05, 4.69) is 4.72 Å². The van der Waals surface area contributed by atoms with Gasteiger partial charge in [-0.1, -0.05) is 12.1 Å². The van der Waals surface area contributed by atoms with Gasteiger partial charge in [-0.05, 0) is 39.8 Å². The van der Waals surface area contributed by atoms with Gasteiger partial charge in [-0.3, -0.25) is 4.79 Å². The van der Waals surface area contributed by atoms with Crippen LogP contribution in [0.25, 0.3) is 0 Å². The fraction of sp³-hybridized carbons (Fsp3) is 0.462. The Morgan fingerprint density at radius 1 is 1.20 bits per heavy atom. The standard InChI is InChI=1S/C13H18FNO4S/c1-12(2,11(16)17)13(3,4)15-20(18,19)10-8-6-5-7-9(10)14/h5-8,15H,1-4H3,(H,16,17). The van der Waals surface area contributed by atoms with E-state index in [4.69, 9.17) is 0 Å². The third-order valence-electron chi connectivity index (χ3n) is 3.61. The van der Waals surface area contributed by atoms with E-state index in [0.29, 0.717) is 0 Å². The molecule has 5 nitrogen and oxygen atoms in total. The van der Waals surface area contributed by atoms with Gasteiger partial charge in [0.25, 0.3) is 0 Å². The van der Waals surface area contributed by atoms with Crippen molar-refractivity contribution >= 4 is 16.0 Å². The second-order valence-corrected chi connectivity index (χ2v) is 7.24. The first-order valence-corrected chi connectivity index (χ1v) is 7.42. The van der Waals surface area contributed by atoms with Crippen LogP contribution >= 0.6 is 0 Å². The van der Waals surface area contributed by atoms with Gasteiger partial charge in [0.05, 0.1) is 5.41 Å². The lowest BCUT2D eigenvalue weighted by molar-refractivity contribution is -0.150. The number of carboxylic acid groups (broad SMARTS) is 1. The molecule has 20 heavy (non-hydrogen) atoms. The van der Waals surface area contributed by atoms with E-state index >= 15 is 0 Å². The smallest absolute Gasteiger partial charge is 0.310 e. The van der Waals surface area contributed by atoms with Crippen LogP contribution in [0, 0.1) is 11.2 Å². The summed E-state index contributed by atoms with van der Waals surface area (Å²) in [7, 11) is -4.15. The predicted octanol–water partition coefficient (Wildman–Crippen LogP) is 1.99. The fourth-order valence-electron chi connectivity index (χ4n) is 1.45. The molecule has 0 aliphatic carbocycles. The lowest BCUT2D eigenvalue weighted by Crippen LogP contribution is -2.56. The van der Waals surface area contributed by atoms with Crippen molar-refractivity contribution in [3.05, 3.63) is 30.1 Å². The minimum Gasteiger partial charge on any atom is -0.481 e. The third-order valence-corrected chi connectivity index (χ3v) is 5.30. The predicted molar refractivity (Wildman–Crippen MR) is 72.2 cm³/mol. The summed E-state index contributed by atoms with van der Waals surface area (Å²) in [6.45, 7) is 5.69. The Labute approximate surface area is 117 Å². The number of halogens is 1. The van der Waals surface area contributed by atoms with Crippen molar-refractivity contribution in [2.75, 3.05) is 0 Å². The van der Waals surface area contributed by atoms with E-state index in [-0.39, 0.29) is 0 Å². The van der Waals surface area contributed by atoms with Gasteiger partial charge >= 0.3 is 5.97 Å². The summed E-state index contributed by atoms with van der Waals surface area (Å²) in [5, 5.41) is 9.19. The third kappa shape index (κ3) is 2.99. The highest BCUT2D eigenvalue weighted by Gasteiger charge is 2.46. The number of benzene rings is 1. The molecular formula is C13H18FNO4S. The number of hydrogen-bond acceptors (Lipinski definition) is 3. The van der Waals surface area contributed by atoms with Gasteiger partial charge in [0, 0.05) is 5.54 Å². The van der Waals surface area contributed by atoms with Crippen LogP contribution in [0.4, 0.5) is 4.39 Å². The van der Waals surface area contributed by atoms with E-state index in [0.717, 1.165) is 12.1 Å². The zero-order valence-corrected chi connectivity index (χ0v) is 12.6. The van der Waals surface area contributed by atoms with E-state index < -0.39 is 37.7 Å². The summed E-state index contributed by atoms with van der Waals surface area (Å²) in [5.41, 5.74) is -2.68. The number of nitrogens with one attached hydrogen (secondary N) is 1. The maximum absolute atomic E-state index is 13.6. The second-order valence-electron chi connectivity index (χ2n) is 5.59. The molecule has 0 aliphatic rings. The number of carbonyl (C=O) groups is 1. The highest BCUT2D eigenvalue weighted by atomic mass is 32.2. The van der Waals surface area contributed by atoms with E-state index in [9.17, 15) is 22.7 Å². The topological polar surface area (TPSA) is 83.5 Å². The molecular weight excluding hydrogens is 285 g/mol. The van der Waals surface area contributed by atoms with Crippen molar-refractivity contribution in [3.63, 3.8) is 0 Å². The molecule has 0 aliphatic heterocycles. The normalized spacial score (nSPS) is 13.2. The highest BCUT2D eigenvalue weighted by molar-refractivity contribution is 7.89. The first-order chi connectivity index (χ1) is 8.92.